The van der Waals surface area contributed by atoms with Gasteiger partial charge in [-0.15, -0.1) is 0 Å². The van der Waals surface area contributed by atoms with E-state index in [1.54, 1.807) is 0 Å². The minimum atomic E-state index is -1.58. The maximum atomic E-state index is 9.94. The molecule has 0 amide bonds. The molecule has 5 heterocycles. The Labute approximate surface area is 308 Å². The number of benzene rings is 6. The SMILES string of the molecule is [2H]c1c([2H])c([2H])c2c(c1[2H])Oc1nc(-n3c4c([2H])c([2H])c([2H])c([2H])c4c4c([2H])c([2H])c([2H])c(-n5c6c([2H])c([2H])c([2H])c([2H])c6c6c([2H])c(C)c([2H])c([2H])c65)c43)c([2H])c3c1B2c1c([2H])c([2H])c([2H])c([2H])c1O3. The minimum Gasteiger partial charge on any atom is -0.458 e. The fourth-order valence-electron chi connectivity index (χ4n) is 6.55. The standard InChI is InChI=1S/C42H26BN3O2/c1-25-21-22-34-29(23-25)27-12-3-6-16-32(27)45(34)35-18-10-13-28-26-11-2-7-17-33(26)46(41(28)35)39-24-38-40-42(44-39)48-37-20-9-5-15-31(37)43(40)30-14-4-8-19-36(30)47-38/h2-24H,1H3/i2D,3D,4D,5D,6D,7D,8D,9D,10D,11D,12D,13D,14D,15D,16D,17D,18D,19D,20D,21D,22D,23D,24D. The van der Waals surface area contributed by atoms with E-state index in [0.717, 1.165) is 9.13 Å². The number of fused-ring (bicyclic) bond motifs is 10. The van der Waals surface area contributed by atoms with E-state index in [-0.39, 0.29) is 32.7 Å². The molecular formula is C42H26BN3O2. The summed E-state index contributed by atoms with van der Waals surface area (Å²) in [6.07, 6.45) is 0. The van der Waals surface area contributed by atoms with E-state index in [0.29, 0.717) is 0 Å². The van der Waals surface area contributed by atoms with Gasteiger partial charge >= 0.3 is 0 Å². The van der Waals surface area contributed by atoms with E-state index in [9.17, 15) is 12.3 Å². The predicted octanol–water partition coefficient (Wildman–Crippen LogP) is 8.31. The summed E-state index contributed by atoms with van der Waals surface area (Å²) in [6, 6.07) is -17.3. The highest BCUT2D eigenvalue weighted by atomic mass is 16.5. The van der Waals surface area contributed by atoms with Crippen molar-refractivity contribution in [1.82, 2.24) is 14.1 Å². The van der Waals surface area contributed by atoms with Crippen LogP contribution in [0.3, 0.4) is 0 Å². The predicted molar refractivity (Wildman–Crippen MR) is 195 cm³/mol. The van der Waals surface area contributed by atoms with Gasteiger partial charge in [-0.3, -0.25) is 4.57 Å². The summed E-state index contributed by atoms with van der Waals surface area (Å²) in [4.78, 5) is 4.68. The van der Waals surface area contributed by atoms with E-state index >= 15 is 0 Å². The molecule has 2 aliphatic heterocycles. The number of ether oxygens (including phenoxy) is 2. The second kappa shape index (κ2) is 9.40. The smallest absolute Gasteiger partial charge is 0.262 e. The lowest BCUT2D eigenvalue weighted by molar-refractivity contribution is 0.450. The van der Waals surface area contributed by atoms with Crippen LogP contribution < -0.4 is 25.9 Å². The zero-order valence-electron chi connectivity index (χ0n) is 47.2. The molecule has 3 aromatic heterocycles. The van der Waals surface area contributed by atoms with Gasteiger partial charge in [-0.25, -0.2) is 0 Å². The number of aromatic nitrogens is 3. The highest BCUT2D eigenvalue weighted by Crippen LogP contribution is 2.41. The molecular weight excluding hydrogens is 589 g/mol. The van der Waals surface area contributed by atoms with Crippen molar-refractivity contribution in [3.63, 3.8) is 0 Å². The van der Waals surface area contributed by atoms with Crippen LogP contribution in [-0.2, 0) is 0 Å². The molecule has 0 bridgehead atoms. The van der Waals surface area contributed by atoms with Crippen molar-refractivity contribution < 1.29 is 41.0 Å². The van der Waals surface area contributed by atoms with Gasteiger partial charge in [-0.05, 0) is 60.1 Å². The molecule has 0 fully saturated rings. The monoisotopic (exact) mass is 638 g/mol. The van der Waals surface area contributed by atoms with Crippen molar-refractivity contribution in [1.29, 1.82) is 0 Å². The largest absolute Gasteiger partial charge is 0.458 e. The molecule has 224 valence electrons. The molecule has 0 saturated heterocycles. The van der Waals surface area contributed by atoms with Crippen molar-refractivity contribution in [3.05, 3.63) is 145 Å². The lowest BCUT2D eigenvalue weighted by Crippen LogP contribution is -2.57. The summed E-state index contributed by atoms with van der Waals surface area (Å²) < 4.78 is 222. The summed E-state index contributed by atoms with van der Waals surface area (Å²) in [5.41, 5.74) is -3.60. The summed E-state index contributed by atoms with van der Waals surface area (Å²) >= 11 is 0. The van der Waals surface area contributed by atoms with Crippen molar-refractivity contribution >= 4 is 66.7 Å². The maximum absolute atomic E-state index is 9.94. The first kappa shape index (κ1) is 12.4. The third-order valence-electron chi connectivity index (χ3n) is 8.45. The third-order valence-corrected chi connectivity index (χ3v) is 8.45. The zero-order chi connectivity index (χ0) is 51.5. The highest BCUT2D eigenvalue weighted by molar-refractivity contribution is 6.98. The van der Waals surface area contributed by atoms with Crippen LogP contribution in [0, 0.1) is 6.92 Å². The topological polar surface area (TPSA) is 41.2 Å². The Hall–Kier alpha value is -6.27. The van der Waals surface area contributed by atoms with Gasteiger partial charge < -0.3 is 14.0 Å². The van der Waals surface area contributed by atoms with Gasteiger partial charge in [-0.1, -0.05) is 96.2 Å². The molecule has 0 N–H and O–H groups in total. The van der Waals surface area contributed by atoms with Crippen LogP contribution in [-0.4, -0.2) is 20.8 Å². The van der Waals surface area contributed by atoms with Gasteiger partial charge in [0.2, 0.25) is 5.88 Å². The van der Waals surface area contributed by atoms with Gasteiger partial charge in [0.1, 0.15) is 23.1 Å². The number of nitrogens with zero attached hydrogens (tertiary/aromatic N) is 3. The summed E-state index contributed by atoms with van der Waals surface area (Å²) in [6.45, 7) is -0.226. The lowest BCUT2D eigenvalue weighted by Gasteiger charge is -2.32. The first-order valence-electron chi connectivity index (χ1n) is 26.0. The average molecular weight is 639 g/mol. The van der Waals surface area contributed by atoms with Gasteiger partial charge in [0, 0.05) is 33.1 Å². The number of hydrogen-bond donors (Lipinski definition) is 0. The molecule has 0 radical (unpaired) electrons. The molecule has 0 unspecified atom stereocenters. The zero-order valence-corrected chi connectivity index (χ0v) is 24.2. The van der Waals surface area contributed by atoms with Crippen LogP contribution in [0.2, 0.25) is 0 Å². The second-order valence-electron chi connectivity index (χ2n) is 11.0. The fraction of sp³-hybridized carbons (Fsp3) is 0.0238. The molecule has 2 aliphatic rings. The molecule has 9 aromatic rings. The van der Waals surface area contributed by atoms with Gasteiger partial charge in [0.25, 0.3) is 6.71 Å². The molecule has 11 rings (SSSR count). The fourth-order valence-corrected chi connectivity index (χ4v) is 6.55. The van der Waals surface area contributed by atoms with Crippen molar-refractivity contribution in [2.24, 2.45) is 0 Å². The van der Waals surface area contributed by atoms with Crippen LogP contribution in [0.4, 0.5) is 0 Å². The van der Waals surface area contributed by atoms with Gasteiger partial charge in [-0.2, -0.15) is 4.98 Å². The van der Waals surface area contributed by atoms with E-state index in [2.05, 4.69) is 4.98 Å². The average Bonchev–Trinajstić information content (AvgIpc) is 3.89. The number of pyridine rings is 1. The molecule has 48 heavy (non-hydrogen) atoms. The highest BCUT2D eigenvalue weighted by Gasteiger charge is 2.41. The van der Waals surface area contributed by atoms with Crippen LogP contribution >= 0.6 is 0 Å². The third kappa shape index (κ3) is 3.38. The Morgan fingerprint density at radius 1 is 0.562 bits per heavy atom. The number of rotatable bonds is 2. The Morgan fingerprint density at radius 3 is 1.98 bits per heavy atom. The van der Waals surface area contributed by atoms with Crippen LogP contribution in [0.1, 0.15) is 37.1 Å². The van der Waals surface area contributed by atoms with Crippen LogP contribution in [0.15, 0.2) is 139 Å². The van der Waals surface area contributed by atoms with Crippen molar-refractivity contribution in [2.75, 3.05) is 0 Å². The Balaban J connectivity index is 1.42. The molecule has 0 spiro atoms. The second-order valence-corrected chi connectivity index (χ2v) is 11.0. The van der Waals surface area contributed by atoms with E-state index in [1.165, 1.54) is 6.92 Å². The van der Waals surface area contributed by atoms with Crippen molar-refractivity contribution in [3.8, 4) is 34.6 Å². The first-order valence-corrected chi connectivity index (χ1v) is 14.5. The first-order chi connectivity index (χ1) is 33.3. The molecule has 5 nitrogen and oxygen atoms in total. The number of hydrogen-bond acceptors (Lipinski definition) is 3. The molecule has 0 saturated carbocycles. The van der Waals surface area contributed by atoms with Gasteiger partial charge in [0.15, 0.2) is 0 Å². The molecule has 6 aromatic carbocycles. The quantitative estimate of drug-likeness (QED) is 0.179. The van der Waals surface area contributed by atoms with E-state index in [1.807, 2.05) is 0 Å². The van der Waals surface area contributed by atoms with Crippen molar-refractivity contribution in [2.45, 2.75) is 6.92 Å². The minimum absolute atomic E-state index is 0.0621. The van der Waals surface area contributed by atoms with Gasteiger partial charge in [0.05, 0.1) is 59.3 Å². The molecule has 0 aliphatic carbocycles. The Bertz CT molecular complexity index is 4040. The number of para-hydroxylation sites is 5. The van der Waals surface area contributed by atoms with Crippen LogP contribution in [0.25, 0.3) is 55.1 Å². The Morgan fingerprint density at radius 2 is 1.19 bits per heavy atom. The summed E-state index contributed by atoms with van der Waals surface area (Å²) in [5.74, 6) is -3.00. The summed E-state index contributed by atoms with van der Waals surface area (Å²) in [5, 5.41) is -1.60. The van der Waals surface area contributed by atoms with E-state index < -0.39 is 213 Å². The molecule has 6 heteroatoms. The normalized spacial score (nSPS) is 19.7. The lowest BCUT2D eigenvalue weighted by atomic mass is 9.35. The van der Waals surface area contributed by atoms with E-state index in [4.69, 9.17) is 28.7 Å². The van der Waals surface area contributed by atoms with Crippen LogP contribution in [0.5, 0.6) is 23.1 Å². The maximum Gasteiger partial charge on any atom is 0.262 e. The Kier molecular flexibility index (Phi) is 2.43. The summed E-state index contributed by atoms with van der Waals surface area (Å²) in [7, 11) is 0. The molecule has 0 atom stereocenters.